The second-order valence-corrected chi connectivity index (χ2v) is 3.13. The third-order valence-electron chi connectivity index (χ3n) is 2.04. The smallest absolute Gasteiger partial charge is 0.353 e. The van der Waals surface area contributed by atoms with Gasteiger partial charge in [-0.3, -0.25) is 10.1 Å². The molecule has 0 spiro atoms. The van der Waals surface area contributed by atoms with Gasteiger partial charge in [0, 0.05) is 13.6 Å². The highest BCUT2D eigenvalue weighted by atomic mass is 16.6. The molecule has 0 aliphatic carbocycles. The van der Waals surface area contributed by atoms with Gasteiger partial charge in [0.1, 0.15) is 6.33 Å². The SMILES string of the molecule is CN(CCC#N)c1ncnc(NN)c1[N+](=O)[O-]. The van der Waals surface area contributed by atoms with Crippen LogP contribution in [0.2, 0.25) is 0 Å². The van der Waals surface area contributed by atoms with Crippen LogP contribution in [0.25, 0.3) is 0 Å². The van der Waals surface area contributed by atoms with Crippen LogP contribution >= 0.6 is 0 Å². The summed E-state index contributed by atoms with van der Waals surface area (Å²) >= 11 is 0. The Morgan fingerprint density at radius 3 is 2.94 bits per heavy atom. The molecule has 90 valence electrons. The third-order valence-corrected chi connectivity index (χ3v) is 2.04. The van der Waals surface area contributed by atoms with Crippen molar-refractivity contribution in [3.8, 4) is 6.07 Å². The van der Waals surface area contributed by atoms with E-state index >= 15 is 0 Å². The van der Waals surface area contributed by atoms with E-state index in [4.69, 9.17) is 11.1 Å². The Morgan fingerprint density at radius 2 is 2.41 bits per heavy atom. The van der Waals surface area contributed by atoms with E-state index in [-0.39, 0.29) is 23.7 Å². The van der Waals surface area contributed by atoms with E-state index < -0.39 is 4.92 Å². The van der Waals surface area contributed by atoms with Crippen LogP contribution in [0.4, 0.5) is 17.3 Å². The van der Waals surface area contributed by atoms with Gasteiger partial charge in [-0.1, -0.05) is 0 Å². The predicted octanol–water partition coefficient (Wildman–Crippen LogP) is 0.0203. The predicted molar refractivity (Wildman–Crippen MR) is 60.0 cm³/mol. The molecule has 9 nitrogen and oxygen atoms in total. The average molecular weight is 237 g/mol. The van der Waals surface area contributed by atoms with Crippen LogP contribution in [0.15, 0.2) is 6.33 Å². The molecule has 0 aliphatic heterocycles. The minimum Gasteiger partial charge on any atom is -0.353 e. The van der Waals surface area contributed by atoms with Gasteiger partial charge in [-0.15, -0.1) is 0 Å². The van der Waals surface area contributed by atoms with Gasteiger partial charge in [0.05, 0.1) is 17.4 Å². The fourth-order valence-electron chi connectivity index (χ4n) is 1.25. The molecule has 0 saturated carbocycles. The fourth-order valence-corrected chi connectivity index (χ4v) is 1.25. The number of nitro groups is 1. The van der Waals surface area contributed by atoms with Crippen molar-refractivity contribution in [2.45, 2.75) is 6.42 Å². The zero-order valence-corrected chi connectivity index (χ0v) is 9.12. The zero-order valence-electron chi connectivity index (χ0n) is 9.12. The van der Waals surface area contributed by atoms with Crippen LogP contribution in [0, 0.1) is 21.4 Å². The Kier molecular flexibility index (Phi) is 4.13. The largest absolute Gasteiger partial charge is 0.354 e. The molecular weight excluding hydrogens is 226 g/mol. The van der Waals surface area contributed by atoms with Gasteiger partial charge in [-0.25, -0.2) is 15.8 Å². The topological polar surface area (TPSA) is 134 Å². The number of anilines is 2. The van der Waals surface area contributed by atoms with Crippen LogP contribution in [0.5, 0.6) is 0 Å². The zero-order chi connectivity index (χ0) is 12.8. The van der Waals surface area contributed by atoms with Gasteiger partial charge in [-0.2, -0.15) is 5.26 Å². The molecule has 1 rings (SSSR count). The summed E-state index contributed by atoms with van der Waals surface area (Å²) in [5.74, 6) is 5.19. The van der Waals surface area contributed by atoms with Crippen LogP contribution in [0.3, 0.4) is 0 Å². The highest BCUT2D eigenvalue weighted by Crippen LogP contribution is 2.30. The quantitative estimate of drug-likeness (QED) is 0.415. The maximum absolute atomic E-state index is 10.9. The molecule has 0 atom stereocenters. The molecular formula is C8H11N7O2. The van der Waals surface area contributed by atoms with Crippen molar-refractivity contribution in [2.75, 3.05) is 23.9 Å². The first-order valence-electron chi connectivity index (χ1n) is 4.66. The lowest BCUT2D eigenvalue weighted by molar-refractivity contribution is -0.383. The van der Waals surface area contributed by atoms with Crippen molar-refractivity contribution >= 4 is 17.3 Å². The normalized spacial score (nSPS) is 9.47. The van der Waals surface area contributed by atoms with Crippen LogP contribution < -0.4 is 16.2 Å². The van der Waals surface area contributed by atoms with Crippen LogP contribution in [-0.2, 0) is 0 Å². The maximum Gasteiger partial charge on any atom is 0.354 e. The van der Waals surface area contributed by atoms with Gasteiger partial charge in [0.15, 0.2) is 0 Å². The van der Waals surface area contributed by atoms with Crippen molar-refractivity contribution in [3.05, 3.63) is 16.4 Å². The monoisotopic (exact) mass is 237 g/mol. The van der Waals surface area contributed by atoms with E-state index in [9.17, 15) is 10.1 Å². The standard InChI is InChI=1S/C8H11N7O2/c1-14(4-2-3-9)8-6(15(16)17)7(13-10)11-5-12-8/h5H,2,4,10H2,1H3,(H,11,12,13). The van der Waals surface area contributed by atoms with Crippen LogP contribution in [0.1, 0.15) is 6.42 Å². The highest BCUT2D eigenvalue weighted by Gasteiger charge is 2.24. The number of nitrogens with two attached hydrogens (primary N) is 1. The molecule has 17 heavy (non-hydrogen) atoms. The van der Waals surface area contributed by atoms with Crippen molar-refractivity contribution in [1.29, 1.82) is 5.26 Å². The number of nitrogens with one attached hydrogen (secondary N) is 1. The van der Waals surface area contributed by atoms with Gasteiger partial charge in [0.25, 0.3) is 0 Å². The molecule has 0 bridgehead atoms. The number of nitrogens with zero attached hydrogens (tertiary/aromatic N) is 5. The number of nitrogen functional groups attached to an aromatic ring is 1. The van der Waals surface area contributed by atoms with Crippen LogP contribution in [-0.4, -0.2) is 28.5 Å². The minimum atomic E-state index is -0.618. The van der Waals surface area contributed by atoms with Gasteiger partial charge in [0.2, 0.25) is 11.6 Å². The summed E-state index contributed by atoms with van der Waals surface area (Å²) in [6.45, 7) is 0.332. The lowest BCUT2D eigenvalue weighted by Crippen LogP contribution is -2.22. The summed E-state index contributed by atoms with van der Waals surface area (Å²) in [6.07, 6.45) is 1.41. The van der Waals surface area contributed by atoms with Crippen molar-refractivity contribution in [2.24, 2.45) is 5.84 Å². The van der Waals surface area contributed by atoms with E-state index in [1.54, 1.807) is 7.05 Å². The summed E-state index contributed by atoms with van der Waals surface area (Å²) in [4.78, 5) is 19.3. The van der Waals surface area contributed by atoms with E-state index in [2.05, 4.69) is 15.4 Å². The highest BCUT2D eigenvalue weighted by molar-refractivity contribution is 5.69. The Labute approximate surface area is 97.0 Å². The first kappa shape index (κ1) is 12.6. The lowest BCUT2D eigenvalue weighted by atomic mass is 10.3. The molecule has 0 aromatic carbocycles. The van der Waals surface area contributed by atoms with Gasteiger partial charge >= 0.3 is 5.69 Å². The second-order valence-electron chi connectivity index (χ2n) is 3.13. The first-order valence-corrected chi connectivity index (χ1v) is 4.66. The van der Waals surface area contributed by atoms with E-state index in [1.807, 2.05) is 6.07 Å². The molecule has 0 amide bonds. The Morgan fingerprint density at radius 1 is 1.71 bits per heavy atom. The van der Waals surface area contributed by atoms with Gasteiger partial charge in [-0.05, 0) is 0 Å². The number of nitriles is 1. The second kappa shape index (κ2) is 5.57. The summed E-state index contributed by atoms with van der Waals surface area (Å²) in [5.41, 5.74) is 1.83. The van der Waals surface area contributed by atoms with E-state index in [1.165, 1.54) is 11.2 Å². The summed E-state index contributed by atoms with van der Waals surface area (Å²) in [5, 5.41) is 19.4. The minimum absolute atomic E-state index is 0.0659. The third kappa shape index (κ3) is 2.76. The Hall–Kier alpha value is -2.47. The van der Waals surface area contributed by atoms with Crippen molar-refractivity contribution in [3.63, 3.8) is 0 Å². The Balaban J connectivity index is 3.14. The Bertz CT molecular complexity index is 456. The van der Waals surface area contributed by atoms with E-state index in [0.717, 1.165) is 0 Å². The molecule has 0 aliphatic rings. The number of hydrogen-bond donors (Lipinski definition) is 2. The summed E-state index contributed by atoms with van der Waals surface area (Å²) in [6, 6.07) is 1.95. The average Bonchev–Trinajstić information content (AvgIpc) is 2.34. The number of aromatic nitrogens is 2. The molecule has 0 fully saturated rings. The number of rotatable bonds is 5. The first-order chi connectivity index (χ1) is 8.11. The van der Waals surface area contributed by atoms with E-state index in [0.29, 0.717) is 6.54 Å². The number of hydrogen-bond acceptors (Lipinski definition) is 8. The lowest BCUT2D eigenvalue weighted by Gasteiger charge is -2.16. The maximum atomic E-state index is 10.9. The fraction of sp³-hybridized carbons (Fsp3) is 0.375. The molecule has 0 saturated heterocycles. The molecule has 0 radical (unpaired) electrons. The summed E-state index contributed by atoms with van der Waals surface area (Å²) < 4.78 is 0. The van der Waals surface area contributed by atoms with Crippen molar-refractivity contribution in [1.82, 2.24) is 9.97 Å². The summed E-state index contributed by atoms with van der Waals surface area (Å²) in [7, 11) is 1.60. The molecule has 1 heterocycles. The molecule has 1 aromatic heterocycles. The molecule has 1 aromatic rings. The molecule has 9 heteroatoms. The molecule has 3 N–H and O–H groups in total. The molecule has 0 unspecified atom stereocenters. The van der Waals surface area contributed by atoms with Crippen molar-refractivity contribution < 1.29 is 4.92 Å². The van der Waals surface area contributed by atoms with Gasteiger partial charge < -0.3 is 10.3 Å². The number of hydrazine groups is 1.